The molecule has 144 valence electrons. The van der Waals surface area contributed by atoms with Gasteiger partial charge in [-0.15, -0.1) is 0 Å². The second-order valence-electron chi connectivity index (χ2n) is 5.72. The van der Waals surface area contributed by atoms with Gasteiger partial charge in [0.05, 0.1) is 17.4 Å². The Morgan fingerprint density at radius 1 is 0.857 bits per heavy atom. The fraction of sp³-hybridized carbons (Fsp3) is 0.0526. The van der Waals surface area contributed by atoms with Crippen molar-refractivity contribution in [3.05, 3.63) is 83.7 Å². The largest absolute Gasteiger partial charge is 0.416 e. The zero-order valence-electron chi connectivity index (χ0n) is 14.0. The molecule has 3 aromatic rings. The molecule has 1 amide bonds. The highest BCUT2D eigenvalue weighted by molar-refractivity contribution is 6.03. The van der Waals surface area contributed by atoms with Gasteiger partial charge in [-0.25, -0.2) is 13.8 Å². The van der Waals surface area contributed by atoms with Gasteiger partial charge in [0.15, 0.2) is 11.6 Å². The molecule has 2 N–H and O–H groups in total. The molecule has 1 heterocycles. The third-order valence-electron chi connectivity index (χ3n) is 3.65. The minimum atomic E-state index is -4.52. The van der Waals surface area contributed by atoms with E-state index in [1.54, 1.807) is 0 Å². The van der Waals surface area contributed by atoms with Gasteiger partial charge in [0.25, 0.3) is 5.91 Å². The maximum absolute atomic E-state index is 13.2. The Morgan fingerprint density at radius 2 is 1.61 bits per heavy atom. The molecule has 0 aliphatic carbocycles. The van der Waals surface area contributed by atoms with Gasteiger partial charge in [0, 0.05) is 17.4 Å². The highest BCUT2D eigenvalue weighted by Crippen LogP contribution is 2.30. The van der Waals surface area contributed by atoms with Crippen molar-refractivity contribution in [3.63, 3.8) is 0 Å². The van der Waals surface area contributed by atoms with E-state index in [9.17, 15) is 26.7 Å². The summed E-state index contributed by atoms with van der Waals surface area (Å²) in [5.41, 5.74) is -0.258. The third-order valence-corrected chi connectivity index (χ3v) is 3.65. The van der Waals surface area contributed by atoms with Crippen LogP contribution in [0.25, 0.3) is 0 Å². The number of anilines is 3. The lowest BCUT2D eigenvalue weighted by molar-refractivity contribution is -0.137. The fourth-order valence-corrected chi connectivity index (χ4v) is 2.31. The van der Waals surface area contributed by atoms with E-state index in [0.717, 1.165) is 24.3 Å². The van der Waals surface area contributed by atoms with Crippen molar-refractivity contribution in [2.24, 2.45) is 0 Å². The van der Waals surface area contributed by atoms with Crippen molar-refractivity contribution in [3.8, 4) is 0 Å². The Balaban J connectivity index is 1.69. The molecule has 0 aliphatic heterocycles. The van der Waals surface area contributed by atoms with Gasteiger partial charge in [-0.2, -0.15) is 13.2 Å². The van der Waals surface area contributed by atoms with Crippen LogP contribution in [0.15, 0.2) is 60.8 Å². The molecular formula is C19H12F5N3O. The molecule has 0 radical (unpaired) electrons. The summed E-state index contributed by atoms with van der Waals surface area (Å²) < 4.78 is 64.3. The smallest absolute Gasteiger partial charge is 0.354 e. The van der Waals surface area contributed by atoms with E-state index in [4.69, 9.17) is 0 Å². The SMILES string of the molecule is O=C(Nc1cccc(C(F)(F)F)c1)c1ccc(Nc2ccc(F)c(F)c2)cn1. The van der Waals surface area contributed by atoms with Crippen LogP contribution in [-0.4, -0.2) is 10.9 Å². The van der Waals surface area contributed by atoms with Crippen LogP contribution in [0, 0.1) is 11.6 Å². The highest BCUT2D eigenvalue weighted by Gasteiger charge is 2.30. The van der Waals surface area contributed by atoms with Crippen molar-refractivity contribution >= 4 is 23.0 Å². The number of pyridine rings is 1. The lowest BCUT2D eigenvalue weighted by Crippen LogP contribution is -2.14. The quantitative estimate of drug-likeness (QED) is 0.586. The van der Waals surface area contributed by atoms with Crippen LogP contribution >= 0.6 is 0 Å². The van der Waals surface area contributed by atoms with Crippen molar-refractivity contribution in [2.45, 2.75) is 6.18 Å². The first kappa shape index (κ1) is 19.3. The topological polar surface area (TPSA) is 54.0 Å². The number of hydrogen-bond acceptors (Lipinski definition) is 3. The van der Waals surface area contributed by atoms with Gasteiger partial charge in [-0.3, -0.25) is 4.79 Å². The minimum Gasteiger partial charge on any atom is -0.354 e. The van der Waals surface area contributed by atoms with Gasteiger partial charge in [-0.1, -0.05) is 6.07 Å². The van der Waals surface area contributed by atoms with E-state index in [2.05, 4.69) is 15.6 Å². The molecule has 28 heavy (non-hydrogen) atoms. The monoisotopic (exact) mass is 393 g/mol. The molecule has 2 aromatic carbocycles. The zero-order chi connectivity index (χ0) is 20.3. The summed E-state index contributed by atoms with van der Waals surface area (Å²) in [6.07, 6.45) is -3.24. The number of rotatable bonds is 4. The summed E-state index contributed by atoms with van der Waals surface area (Å²) in [5.74, 6) is -2.70. The van der Waals surface area contributed by atoms with E-state index in [1.807, 2.05) is 0 Å². The first-order valence-electron chi connectivity index (χ1n) is 7.89. The van der Waals surface area contributed by atoms with Gasteiger partial charge in [0.1, 0.15) is 5.69 Å². The Bertz CT molecular complexity index is 1000. The van der Waals surface area contributed by atoms with Crippen LogP contribution in [0.2, 0.25) is 0 Å². The molecule has 0 saturated heterocycles. The molecule has 3 rings (SSSR count). The average Bonchev–Trinajstić information content (AvgIpc) is 2.65. The maximum Gasteiger partial charge on any atom is 0.416 e. The van der Waals surface area contributed by atoms with Crippen LogP contribution in [0.3, 0.4) is 0 Å². The molecular weight excluding hydrogens is 381 g/mol. The van der Waals surface area contributed by atoms with Crippen molar-refractivity contribution in [1.29, 1.82) is 0 Å². The molecule has 1 aromatic heterocycles. The number of carbonyl (C=O) groups excluding carboxylic acids is 1. The average molecular weight is 393 g/mol. The molecule has 0 spiro atoms. The van der Waals surface area contributed by atoms with Crippen molar-refractivity contribution in [2.75, 3.05) is 10.6 Å². The standard InChI is InChI=1S/C19H12F5N3O/c20-15-6-4-13(9-16(15)21)26-14-5-7-17(25-10-14)18(28)27-12-3-1-2-11(8-12)19(22,23)24/h1-10,26H,(H,27,28). The Morgan fingerprint density at radius 3 is 2.25 bits per heavy atom. The summed E-state index contributed by atoms with van der Waals surface area (Å²) in [6, 6.07) is 10.3. The lowest BCUT2D eigenvalue weighted by atomic mass is 10.2. The fourth-order valence-electron chi connectivity index (χ4n) is 2.31. The van der Waals surface area contributed by atoms with Gasteiger partial charge in [0.2, 0.25) is 0 Å². The van der Waals surface area contributed by atoms with Gasteiger partial charge >= 0.3 is 6.18 Å². The molecule has 4 nitrogen and oxygen atoms in total. The Kier molecular flexibility index (Phi) is 5.25. The molecule has 0 unspecified atom stereocenters. The third kappa shape index (κ3) is 4.61. The van der Waals surface area contributed by atoms with E-state index in [1.165, 1.54) is 36.5 Å². The van der Waals surface area contributed by atoms with E-state index < -0.39 is 29.3 Å². The maximum atomic E-state index is 13.2. The number of alkyl halides is 3. The second-order valence-corrected chi connectivity index (χ2v) is 5.72. The van der Waals surface area contributed by atoms with Crippen molar-refractivity contribution in [1.82, 2.24) is 4.98 Å². The second kappa shape index (κ2) is 7.63. The molecule has 9 heteroatoms. The van der Waals surface area contributed by atoms with Crippen LogP contribution < -0.4 is 10.6 Å². The van der Waals surface area contributed by atoms with Crippen molar-refractivity contribution < 1.29 is 26.7 Å². The number of halogens is 5. The van der Waals surface area contributed by atoms with Crippen LogP contribution in [-0.2, 0) is 6.18 Å². The molecule has 0 fully saturated rings. The molecule has 0 atom stereocenters. The Labute approximate surface area is 156 Å². The summed E-state index contributed by atoms with van der Waals surface area (Å²) >= 11 is 0. The minimum absolute atomic E-state index is 0.0226. The highest BCUT2D eigenvalue weighted by atomic mass is 19.4. The molecule has 0 aliphatic rings. The van der Waals surface area contributed by atoms with E-state index >= 15 is 0 Å². The van der Waals surface area contributed by atoms with Gasteiger partial charge < -0.3 is 10.6 Å². The number of carbonyl (C=O) groups is 1. The molecule has 0 bridgehead atoms. The predicted octanol–water partition coefficient (Wildman–Crippen LogP) is 5.37. The summed E-state index contributed by atoms with van der Waals surface area (Å²) in [7, 11) is 0. The lowest BCUT2D eigenvalue weighted by Gasteiger charge is -2.10. The van der Waals surface area contributed by atoms with Crippen LogP contribution in [0.1, 0.15) is 16.1 Å². The predicted molar refractivity (Wildman–Crippen MR) is 93.3 cm³/mol. The summed E-state index contributed by atoms with van der Waals surface area (Å²) in [4.78, 5) is 16.1. The Hall–Kier alpha value is -3.49. The number of aromatic nitrogens is 1. The van der Waals surface area contributed by atoms with Gasteiger partial charge in [-0.05, 0) is 42.5 Å². The molecule has 0 saturated carbocycles. The number of nitrogens with zero attached hydrogens (tertiary/aromatic N) is 1. The van der Waals surface area contributed by atoms with Crippen LogP contribution in [0.4, 0.5) is 39.0 Å². The summed E-state index contributed by atoms with van der Waals surface area (Å²) in [5, 5.41) is 5.13. The number of benzene rings is 2. The number of nitrogens with one attached hydrogen (secondary N) is 2. The zero-order valence-corrected chi connectivity index (χ0v) is 14.0. The first-order chi connectivity index (χ1) is 13.2. The van der Waals surface area contributed by atoms with E-state index in [-0.39, 0.29) is 17.1 Å². The number of hydrogen-bond donors (Lipinski definition) is 2. The summed E-state index contributed by atoms with van der Waals surface area (Å²) in [6.45, 7) is 0. The normalized spacial score (nSPS) is 11.2. The number of amides is 1. The van der Waals surface area contributed by atoms with E-state index in [0.29, 0.717) is 5.69 Å². The first-order valence-corrected chi connectivity index (χ1v) is 7.89. The van der Waals surface area contributed by atoms with Crippen LogP contribution in [0.5, 0.6) is 0 Å².